The molecule has 8 nitrogen and oxygen atoms in total. The zero-order valence-electron chi connectivity index (χ0n) is 9.41. The largest absolute Gasteiger partial charge is 0.481 e. The second-order valence-corrected chi connectivity index (χ2v) is 4.38. The Kier molecular flexibility index (Phi) is 3.89. The van der Waals surface area contributed by atoms with Crippen LogP contribution in [0.4, 0.5) is 0 Å². The zero-order valence-corrected chi connectivity index (χ0v) is 9.41. The molecule has 1 aliphatic rings. The van der Waals surface area contributed by atoms with Gasteiger partial charge in [0.15, 0.2) is 0 Å². The van der Waals surface area contributed by atoms with Crippen LogP contribution in [0.3, 0.4) is 0 Å². The quantitative estimate of drug-likeness (QED) is 0.474. The van der Waals surface area contributed by atoms with Gasteiger partial charge in [0.25, 0.3) is 0 Å². The summed E-state index contributed by atoms with van der Waals surface area (Å²) < 4.78 is 0. The minimum atomic E-state index is -1.30. The van der Waals surface area contributed by atoms with Crippen LogP contribution in [-0.2, 0) is 19.2 Å². The Morgan fingerprint density at radius 3 is 1.22 bits per heavy atom. The fraction of sp³-hybridized carbons (Fsp3) is 0.600. The number of carbonyl (C=O) groups excluding carboxylic acids is 2. The summed E-state index contributed by atoms with van der Waals surface area (Å²) in [5.74, 6) is -8.86. The van der Waals surface area contributed by atoms with E-state index in [0.717, 1.165) is 0 Å². The molecular formula is C10H14N2O6. The van der Waals surface area contributed by atoms with Gasteiger partial charge < -0.3 is 21.7 Å². The molecular weight excluding hydrogens is 244 g/mol. The Balaban J connectivity index is 3.06. The monoisotopic (exact) mass is 258 g/mol. The molecule has 1 saturated carbocycles. The summed E-state index contributed by atoms with van der Waals surface area (Å²) in [5.41, 5.74) is 10.2. The number of nitrogens with two attached hydrogens (primary N) is 2. The van der Waals surface area contributed by atoms with Gasteiger partial charge >= 0.3 is 11.9 Å². The van der Waals surface area contributed by atoms with E-state index in [9.17, 15) is 19.2 Å². The van der Waals surface area contributed by atoms with Gasteiger partial charge in [-0.05, 0) is 12.8 Å². The lowest BCUT2D eigenvalue weighted by Gasteiger charge is -2.34. The number of rotatable bonds is 4. The number of carbonyl (C=O) groups is 4. The molecule has 1 aliphatic carbocycles. The van der Waals surface area contributed by atoms with E-state index in [2.05, 4.69) is 0 Å². The van der Waals surface area contributed by atoms with Gasteiger partial charge in [-0.15, -0.1) is 0 Å². The number of hydrogen-bond donors (Lipinski definition) is 4. The number of aliphatic carboxylic acids is 2. The lowest BCUT2D eigenvalue weighted by atomic mass is 9.67. The second kappa shape index (κ2) is 5.03. The molecule has 100 valence electrons. The van der Waals surface area contributed by atoms with Crippen LogP contribution in [0.15, 0.2) is 0 Å². The smallest absolute Gasteiger partial charge is 0.307 e. The summed E-state index contributed by atoms with van der Waals surface area (Å²) in [5, 5.41) is 17.9. The van der Waals surface area contributed by atoms with E-state index in [0.29, 0.717) is 0 Å². The second-order valence-electron chi connectivity index (χ2n) is 4.38. The third-order valence-corrected chi connectivity index (χ3v) is 3.35. The molecule has 0 heterocycles. The van der Waals surface area contributed by atoms with Crippen LogP contribution >= 0.6 is 0 Å². The molecule has 4 atom stereocenters. The van der Waals surface area contributed by atoms with Crippen LogP contribution in [0.1, 0.15) is 12.8 Å². The molecule has 0 radical (unpaired) electrons. The normalized spacial score (nSPS) is 31.6. The highest BCUT2D eigenvalue weighted by Crippen LogP contribution is 2.38. The fourth-order valence-corrected chi connectivity index (χ4v) is 2.38. The van der Waals surface area contributed by atoms with Crippen molar-refractivity contribution in [2.75, 3.05) is 0 Å². The molecule has 1 fully saturated rings. The first-order chi connectivity index (χ1) is 8.25. The van der Waals surface area contributed by atoms with Crippen molar-refractivity contribution in [3.05, 3.63) is 0 Å². The van der Waals surface area contributed by atoms with E-state index < -0.39 is 47.4 Å². The van der Waals surface area contributed by atoms with Gasteiger partial charge in [-0.25, -0.2) is 0 Å². The Labute approximate surface area is 102 Å². The van der Waals surface area contributed by atoms with Crippen molar-refractivity contribution >= 4 is 23.8 Å². The Morgan fingerprint density at radius 2 is 1.00 bits per heavy atom. The maximum Gasteiger partial charge on any atom is 0.307 e. The molecule has 0 aromatic rings. The molecule has 1 rings (SSSR count). The van der Waals surface area contributed by atoms with E-state index in [1.165, 1.54) is 0 Å². The summed E-state index contributed by atoms with van der Waals surface area (Å²) in [4.78, 5) is 44.3. The maximum atomic E-state index is 11.2. The van der Waals surface area contributed by atoms with Gasteiger partial charge in [0.1, 0.15) is 0 Å². The summed E-state index contributed by atoms with van der Waals surface area (Å²) in [6, 6.07) is 0. The molecule has 4 unspecified atom stereocenters. The van der Waals surface area contributed by atoms with Crippen molar-refractivity contribution in [1.82, 2.24) is 0 Å². The number of carboxylic acid groups (broad SMARTS) is 2. The molecule has 0 bridgehead atoms. The van der Waals surface area contributed by atoms with Crippen LogP contribution in [0.5, 0.6) is 0 Å². The highest BCUT2D eigenvalue weighted by atomic mass is 16.4. The molecule has 0 aromatic carbocycles. The lowest BCUT2D eigenvalue weighted by Crippen LogP contribution is -2.48. The third-order valence-electron chi connectivity index (χ3n) is 3.35. The Hall–Kier alpha value is -2.12. The van der Waals surface area contributed by atoms with Gasteiger partial charge in [-0.3, -0.25) is 19.2 Å². The van der Waals surface area contributed by atoms with Crippen LogP contribution < -0.4 is 11.5 Å². The summed E-state index contributed by atoms with van der Waals surface area (Å²) in [6.07, 6.45) is -0.565. The van der Waals surface area contributed by atoms with Gasteiger partial charge in [-0.1, -0.05) is 0 Å². The van der Waals surface area contributed by atoms with Gasteiger partial charge in [0.05, 0.1) is 23.7 Å². The van der Waals surface area contributed by atoms with Crippen molar-refractivity contribution in [1.29, 1.82) is 0 Å². The van der Waals surface area contributed by atoms with Crippen LogP contribution in [0.25, 0.3) is 0 Å². The molecule has 0 spiro atoms. The topological polar surface area (TPSA) is 161 Å². The van der Waals surface area contributed by atoms with Crippen LogP contribution in [0, 0.1) is 23.7 Å². The molecule has 0 aromatic heterocycles. The SMILES string of the molecule is NC(=O)C1CC(C(N)=O)C(C(=O)O)CC1C(=O)O. The molecule has 0 aliphatic heterocycles. The van der Waals surface area contributed by atoms with Crippen LogP contribution in [-0.4, -0.2) is 34.0 Å². The average Bonchev–Trinajstić information content (AvgIpc) is 2.26. The molecule has 8 heteroatoms. The fourth-order valence-electron chi connectivity index (χ4n) is 2.38. The molecule has 2 amide bonds. The first kappa shape index (κ1) is 13.9. The Bertz CT molecular complexity index is 333. The predicted octanol–water partition coefficient (Wildman–Crippen LogP) is -1.62. The summed E-state index contributed by atoms with van der Waals surface area (Å²) >= 11 is 0. The minimum absolute atomic E-state index is 0.237. The molecule has 0 saturated heterocycles. The standard InChI is InChI=1S/C10H14N2O6/c11-7(13)3-1-4(8(12)14)6(10(17)18)2-5(3)9(15)16/h3-6H,1-2H2,(H2,11,13)(H2,12,14)(H,15,16)(H,17,18). The number of primary amides is 2. The first-order valence-electron chi connectivity index (χ1n) is 5.30. The van der Waals surface area contributed by atoms with E-state index >= 15 is 0 Å². The van der Waals surface area contributed by atoms with E-state index in [-0.39, 0.29) is 12.8 Å². The first-order valence-corrected chi connectivity index (χ1v) is 5.30. The van der Waals surface area contributed by atoms with Gasteiger partial charge in [0, 0.05) is 0 Å². The maximum absolute atomic E-state index is 11.2. The summed E-state index contributed by atoms with van der Waals surface area (Å²) in [6.45, 7) is 0. The highest BCUT2D eigenvalue weighted by molar-refractivity contribution is 5.88. The minimum Gasteiger partial charge on any atom is -0.481 e. The van der Waals surface area contributed by atoms with Crippen molar-refractivity contribution < 1.29 is 29.4 Å². The van der Waals surface area contributed by atoms with E-state index in [1.54, 1.807) is 0 Å². The summed E-state index contributed by atoms with van der Waals surface area (Å²) in [7, 11) is 0. The predicted molar refractivity (Wildman–Crippen MR) is 56.9 cm³/mol. The lowest BCUT2D eigenvalue weighted by molar-refractivity contribution is -0.158. The average molecular weight is 258 g/mol. The van der Waals surface area contributed by atoms with Gasteiger partial charge in [-0.2, -0.15) is 0 Å². The number of carboxylic acids is 2. The highest BCUT2D eigenvalue weighted by Gasteiger charge is 2.47. The Morgan fingerprint density at radius 1 is 0.722 bits per heavy atom. The van der Waals surface area contributed by atoms with Crippen molar-refractivity contribution in [3.63, 3.8) is 0 Å². The molecule has 6 N–H and O–H groups in total. The van der Waals surface area contributed by atoms with Crippen LogP contribution in [0.2, 0.25) is 0 Å². The molecule has 18 heavy (non-hydrogen) atoms. The van der Waals surface area contributed by atoms with Gasteiger partial charge in [0.2, 0.25) is 11.8 Å². The van der Waals surface area contributed by atoms with E-state index in [1.807, 2.05) is 0 Å². The third kappa shape index (κ3) is 2.58. The van der Waals surface area contributed by atoms with Crippen molar-refractivity contribution in [3.8, 4) is 0 Å². The van der Waals surface area contributed by atoms with Crippen molar-refractivity contribution in [2.45, 2.75) is 12.8 Å². The van der Waals surface area contributed by atoms with E-state index in [4.69, 9.17) is 21.7 Å². The number of amides is 2. The van der Waals surface area contributed by atoms with Crippen molar-refractivity contribution in [2.24, 2.45) is 35.1 Å². The zero-order chi connectivity index (χ0) is 14.0. The number of hydrogen-bond acceptors (Lipinski definition) is 4.